The lowest BCUT2D eigenvalue weighted by Gasteiger charge is -2.26. The predicted molar refractivity (Wildman–Crippen MR) is 97.8 cm³/mol. The minimum atomic E-state index is -0.733. The molecule has 1 aliphatic rings. The number of aryl methyl sites for hydroxylation is 1. The normalized spacial score (nSPS) is 19.5. The van der Waals surface area contributed by atoms with Crippen molar-refractivity contribution in [3.05, 3.63) is 23.8 Å². The maximum absolute atomic E-state index is 11.9. The van der Waals surface area contributed by atoms with Crippen molar-refractivity contribution in [2.75, 3.05) is 20.8 Å². The van der Waals surface area contributed by atoms with Crippen molar-refractivity contribution in [1.82, 2.24) is 10.6 Å². The first kappa shape index (κ1) is 19.9. The molecule has 0 aliphatic heterocycles. The lowest BCUT2D eigenvalue weighted by molar-refractivity contribution is -0.142. The van der Waals surface area contributed by atoms with Crippen LogP contribution in [0.4, 0.5) is 4.79 Å². The van der Waals surface area contributed by atoms with Crippen molar-refractivity contribution in [3.63, 3.8) is 0 Å². The number of aliphatic carboxylic acids is 1. The lowest BCUT2D eigenvalue weighted by Crippen LogP contribution is -2.44. The van der Waals surface area contributed by atoms with E-state index >= 15 is 0 Å². The van der Waals surface area contributed by atoms with Crippen LogP contribution in [0.25, 0.3) is 0 Å². The zero-order chi connectivity index (χ0) is 18.9. The van der Waals surface area contributed by atoms with Crippen molar-refractivity contribution in [1.29, 1.82) is 0 Å². The smallest absolute Gasteiger partial charge is 0.315 e. The van der Waals surface area contributed by atoms with Gasteiger partial charge in [0.05, 0.1) is 20.1 Å². The van der Waals surface area contributed by atoms with Crippen LogP contribution in [0.5, 0.6) is 11.5 Å². The second kappa shape index (κ2) is 9.89. The Bertz CT molecular complexity index is 612. The fourth-order valence-corrected chi connectivity index (χ4v) is 3.25. The highest BCUT2D eigenvalue weighted by Gasteiger charge is 2.26. The first-order valence-electron chi connectivity index (χ1n) is 9.01. The zero-order valence-electron chi connectivity index (χ0n) is 15.4. The molecule has 0 bridgehead atoms. The number of nitrogens with one attached hydrogen (secondary N) is 2. The van der Waals surface area contributed by atoms with Gasteiger partial charge in [0.25, 0.3) is 0 Å². The van der Waals surface area contributed by atoms with E-state index in [1.807, 2.05) is 18.2 Å². The van der Waals surface area contributed by atoms with E-state index in [0.29, 0.717) is 30.9 Å². The van der Waals surface area contributed by atoms with Crippen molar-refractivity contribution >= 4 is 12.0 Å². The van der Waals surface area contributed by atoms with Crippen LogP contribution in [0.1, 0.15) is 37.7 Å². The number of amides is 2. The van der Waals surface area contributed by atoms with Crippen molar-refractivity contribution < 1.29 is 24.2 Å². The van der Waals surface area contributed by atoms with E-state index in [4.69, 9.17) is 14.6 Å². The third kappa shape index (κ3) is 5.82. The number of hydrogen-bond acceptors (Lipinski definition) is 4. The SMILES string of the molecule is COc1ccc(CCCNC(=O)NC2CCC(C(=O)O)CC2)cc1OC. The fraction of sp³-hybridized carbons (Fsp3) is 0.579. The lowest BCUT2D eigenvalue weighted by atomic mass is 9.86. The Kier molecular flexibility index (Phi) is 7.56. The topological polar surface area (TPSA) is 96.9 Å². The molecular formula is C19H28N2O5. The molecule has 0 spiro atoms. The molecule has 0 heterocycles. The van der Waals surface area contributed by atoms with Gasteiger partial charge < -0.3 is 25.2 Å². The Balaban J connectivity index is 1.65. The van der Waals surface area contributed by atoms with Gasteiger partial charge in [0.15, 0.2) is 11.5 Å². The summed E-state index contributed by atoms with van der Waals surface area (Å²) in [4.78, 5) is 22.9. The molecule has 1 saturated carbocycles. The molecular weight excluding hydrogens is 336 g/mol. The van der Waals surface area contributed by atoms with E-state index in [1.165, 1.54) is 0 Å². The molecule has 1 aromatic rings. The molecule has 7 heteroatoms. The van der Waals surface area contributed by atoms with Gasteiger partial charge in [-0.1, -0.05) is 6.07 Å². The quantitative estimate of drug-likeness (QED) is 0.616. The first-order chi connectivity index (χ1) is 12.5. The number of hydrogen-bond donors (Lipinski definition) is 3. The standard InChI is InChI=1S/C19H28N2O5/c1-25-16-10-5-13(12-17(16)26-2)4-3-11-20-19(24)21-15-8-6-14(7-9-15)18(22)23/h5,10,12,14-15H,3-4,6-9,11H2,1-2H3,(H,22,23)(H2,20,21,24). The molecule has 0 atom stereocenters. The number of carbonyl (C=O) groups is 2. The Morgan fingerprint density at radius 3 is 2.42 bits per heavy atom. The minimum absolute atomic E-state index is 0.0662. The Morgan fingerprint density at radius 1 is 1.12 bits per heavy atom. The molecule has 1 aliphatic carbocycles. The number of carbonyl (C=O) groups excluding carboxylic acids is 1. The molecule has 1 aromatic carbocycles. The monoisotopic (exact) mass is 364 g/mol. The highest BCUT2D eigenvalue weighted by atomic mass is 16.5. The largest absolute Gasteiger partial charge is 0.493 e. The Morgan fingerprint density at radius 2 is 1.81 bits per heavy atom. The summed E-state index contributed by atoms with van der Waals surface area (Å²) in [7, 11) is 3.21. The molecule has 0 saturated heterocycles. The number of carboxylic acids is 1. The van der Waals surface area contributed by atoms with Crippen molar-refractivity contribution in [2.45, 2.75) is 44.6 Å². The van der Waals surface area contributed by atoms with E-state index < -0.39 is 5.97 Å². The maximum Gasteiger partial charge on any atom is 0.315 e. The number of methoxy groups -OCH3 is 2. The van der Waals surface area contributed by atoms with Gasteiger partial charge in [-0.3, -0.25) is 4.79 Å². The average Bonchev–Trinajstić information content (AvgIpc) is 2.65. The van der Waals surface area contributed by atoms with Crippen LogP contribution in [0.2, 0.25) is 0 Å². The number of urea groups is 1. The van der Waals surface area contributed by atoms with E-state index in [9.17, 15) is 9.59 Å². The van der Waals surface area contributed by atoms with Crippen LogP contribution in [-0.2, 0) is 11.2 Å². The first-order valence-corrected chi connectivity index (χ1v) is 9.01. The summed E-state index contributed by atoms with van der Waals surface area (Å²) in [5, 5.41) is 14.8. The number of benzene rings is 1. The molecule has 2 amide bonds. The summed E-state index contributed by atoms with van der Waals surface area (Å²) in [6.07, 6.45) is 4.32. The summed E-state index contributed by atoms with van der Waals surface area (Å²) in [6.45, 7) is 0.574. The van der Waals surface area contributed by atoms with Gasteiger partial charge >= 0.3 is 12.0 Å². The average molecular weight is 364 g/mol. The van der Waals surface area contributed by atoms with E-state index in [1.54, 1.807) is 14.2 Å². The Hall–Kier alpha value is -2.44. The van der Waals surface area contributed by atoms with Gasteiger partial charge in [-0.25, -0.2) is 4.79 Å². The van der Waals surface area contributed by atoms with Gasteiger partial charge in [0.1, 0.15) is 0 Å². The number of ether oxygens (including phenoxy) is 2. The molecule has 0 radical (unpaired) electrons. The van der Waals surface area contributed by atoms with Gasteiger partial charge in [-0.05, 0) is 56.2 Å². The highest BCUT2D eigenvalue weighted by Crippen LogP contribution is 2.28. The highest BCUT2D eigenvalue weighted by molar-refractivity contribution is 5.74. The summed E-state index contributed by atoms with van der Waals surface area (Å²) >= 11 is 0. The van der Waals surface area contributed by atoms with E-state index in [2.05, 4.69) is 10.6 Å². The molecule has 0 aromatic heterocycles. The van der Waals surface area contributed by atoms with Gasteiger partial charge in [-0.15, -0.1) is 0 Å². The summed E-state index contributed by atoms with van der Waals surface area (Å²) in [5.41, 5.74) is 1.12. The van der Waals surface area contributed by atoms with Crippen LogP contribution in [0.3, 0.4) is 0 Å². The zero-order valence-corrected chi connectivity index (χ0v) is 15.4. The maximum atomic E-state index is 11.9. The minimum Gasteiger partial charge on any atom is -0.493 e. The third-order valence-corrected chi connectivity index (χ3v) is 4.79. The van der Waals surface area contributed by atoms with Gasteiger partial charge in [0.2, 0.25) is 0 Å². The number of carboxylic acid groups (broad SMARTS) is 1. The summed E-state index contributed by atoms with van der Waals surface area (Å²) in [6, 6.07) is 5.69. The fourth-order valence-electron chi connectivity index (χ4n) is 3.25. The van der Waals surface area contributed by atoms with E-state index in [0.717, 1.165) is 31.2 Å². The third-order valence-electron chi connectivity index (χ3n) is 4.79. The Labute approximate surface area is 154 Å². The van der Waals surface area contributed by atoms with Gasteiger partial charge in [-0.2, -0.15) is 0 Å². The molecule has 1 fully saturated rings. The number of rotatable bonds is 8. The molecule has 2 rings (SSSR count). The van der Waals surface area contributed by atoms with Crippen LogP contribution in [-0.4, -0.2) is 43.9 Å². The van der Waals surface area contributed by atoms with E-state index in [-0.39, 0.29) is 18.0 Å². The second-order valence-electron chi connectivity index (χ2n) is 6.58. The van der Waals surface area contributed by atoms with Crippen molar-refractivity contribution in [3.8, 4) is 11.5 Å². The molecule has 144 valence electrons. The molecule has 26 heavy (non-hydrogen) atoms. The van der Waals surface area contributed by atoms with Gasteiger partial charge in [0, 0.05) is 12.6 Å². The molecule has 7 nitrogen and oxygen atoms in total. The molecule has 0 unspecified atom stereocenters. The van der Waals surface area contributed by atoms with Crippen LogP contribution < -0.4 is 20.1 Å². The predicted octanol–water partition coefficient (Wildman–Crippen LogP) is 2.58. The summed E-state index contributed by atoms with van der Waals surface area (Å²) in [5.74, 6) is 0.403. The second-order valence-corrected chi connectivity index (χ2v) is 6.58. The summed E-state index contributed by atoms with van der Waals surface area (Å²) < 4.78 is 10.5. The molecule has 3 N–H and O–H groups in total. The van der Waals surface area contributed by atoms with Crippen molar-refractivity contribution in [2.24, 2.45) is 5.92 Å². The van der Waals surface area contributed by atoms with Crippen LogP contribution in [0.15, 0.2) is 18.2 Å². The van der Waals surface area contributed by atoms with Crippen LogP contribution >= 0.6 is 0 Å². The van der Waals surface area contributed by atoms with Crippen LogP contribution in [0, 0.1) is 5.92 Å².